The molecule has 0 unspecified atom stereocenters. The van der Waals surface area contributed by atoms with Crippen molar-refractivity contribution in [2.45, 2.75) is 12.8 Å². The molecule has 6 nitrogen and oxygen atoms in total. The molecule has 0 spiro atoms. The third kappa shape index (κ3) is 4.06. The number of nitrogens with zero attached hydrogens (tertiary/aromatic N) is 2. The van der Waals surface area contributed by atoms with Crippen molar-refractivity contribution in [1.29, 1.82) is 0 Å². The third-order valence-electron chi connectivity index (χ3n) is 3.71. The molecule has 1 aliphatic heterocycles. The maximum Gasteiger partial charge on any atom is 0.271 e. The van der Waals surface area contributed by atoms with Gasteiger partial charge < -0.3 is 10.1 Å². The zero-order valence-electron chi connectivity index (χ0n) is 13.5. The van der Waals surface area contributed by atoms with Crippen LogP contribution in [0.2, 0.25) is 0 Å². The van der Waals surface area contributed by atoms with Crippen LogP contribution in [0.5, 0.6) is 5.75 Å². The van der Waals surface area contributed by atoms with Crippen molar-refractivity contribution in [1.82, 2.24) is 0 Å². The Labute approximate surface area is 153 Å². The number of anilines is 2. The molecule has 0 saturated heterocycles. The van der Waals surface area contributed by atoms with Crippen molar-refractivity contribution in [2.75, 3.05) is 17.4 Å². The molecule has 3 rings (SSSR count). The predicted octanol–water partition coefficient (Wildman–Crippen LogP) is 3.58. The molecular formula is C18H16BrN3O3. The number of carbonyl (C=O) groups excluding carboxylic acids is 2. The molecule has 0 saturated carbocycles. The van der Waals surface area contributed by atoms with Crippen LogP contribution in [0, 0.1) is 0 Å². The molecule has 1 aliphatic rings. The van der Waals surface area contributed by atoms with Crippen LogP contribution in [0.15, 0.2) is 58.1 Å². The summed E-state index contributed by atoms with van der Waals surface area (Å²) in [6.45, 7) is 0. The summed E-state index contributed by atoms with van der Waals surface area (Å²) in [6.07, 6.45) is 0.554. The average Bonchev–Trinajstić information content (AvgIpc) is 2.63. The number of nitrogens with one attached hydrogen (secondary N) is 1. The van der Waals surface area contributed by atoms with Gasteiger partial charge in [-0.25, -0.2) is 5.01 Å². The molecule has 1 heterocycles. The fraction of sp³-hybridized carbons (Fsp3) is 0.167. The van der Waals surface area contributed by atoms with Crippen molar-refractivity contribution in [3.05, 3.63) is 53.0 Å². The number of carbonyl (C=O) groups is 2. The standard InChI is InChI=1S/C18H16BrN3O3/c1-25-15-8-4-13(5-9-15)20-18(24)16-10-11-17(23)22(21-16)14-6-2-12(19)3-7-14/h2-9H,10-11H2,1H3,(H,20,24). The number of halogens is 1. The van der Waals surface area contributed by atoms with Gasteiger partial charge in [-0.15, -0.1) is 0 Å². The van der Waals surface area contributed by atoms with E-state index < -0.39 is 0 Å². The van der Waals surface area contributed by atoms with Crippen LogP contribution in [0.4, 0.5) is 11.4 Å². The maximum atomic E-state index is 12.4. The molecule has 25 heavy (non-hydrogen) atoms. The molecule has 0 atom stereocenters. The van der Waals surface area contributed by atoms with Crippen molar-refractivity contribution in [3.8, 4) is 5.75 Å². The Hall–Kier alpha value is -2.67. The molecule has 0 aliphatic carbocycles. The SMILES string of the molecule is COc1ccc(NC(=O)C2=NN(c3ccc(Br)cc3)C(=O)CC2)cc1. The van der Waals surface area contributed by atoms with Gasteiger partial charge in [0.15, 0.2) is 0 Å². The molecular weight excluding hydrogens is 386 g/mol. The smallest absolute Gasteiger partial charge is 0.271 e. The van der Waals surface area contributed by atoms with Crippen LogP contribution in [0.1, 0.15) is 12.8 Å². The predicted molar refractivity (Wildman–Crippen MR) is 99.9 cm³/mol. The normalized spacial score (nSPS) is 14.1. The van der Waals surface area contributed by atoms with Crippen LogP contribution < -0.4 is 15.1 Å². The van der Waals surface area contributed by atoms with E-state index in [0.29, 0.717) is 29.3 Å². The first-order valence-electron chi connectivity index (χ1n) is 7.68. The minimum atomic E-state index is -0.320. The van der Waals surface area contributed by atoms with E-state index in [1.165, 1.54) is 5.01 Å². The molecule has 1 N–H and O–H groups in total. The van der Waals surface area contributed by atoms with Gasteiger partial charge in [-0.3, -0.25) is 9.59 Å². The summed E-state index contributed by atoms with van der Waals surface area (Å²) in [5, 5.41) is 8.31. The molecule has 0 aromatic heterocycles. The highest BCUT2D eigenvalue weighted by Gasteiger charge is 2.25. The van der Waals surface area contributed by atoms with E-state index in [2.05, 4.69) is 26.3 Å². The van der Waals surface area contributed by atoms with E-state index in [9.17, 15) is 9.59 Å². The summed E-state index contributed by atoms with van der Waals surface area (Å²) in [5.41, 5.74) is 1.58. The first kappa shape index (κ1) is 17.2. The van der Waals surface area contributed by atoms with Crippen molar-refractivity contribution >= 4 is 44.8 Å². The molecule has 2 aromatic rings. The molecule has 0 fully saturated rings. The van der Waals surface area contributed by atoms with E-state index in [0.717, 1.165) is 4.47 Å². The lowest BCUT2D eigenvalue weighted by Crippen LogP contribution is -2.36. The third-order valence-corrected chi connectivity index (χ3v) is 4.24. The van der Waals surface area contributed by atoms with Gasteiger partial charge in [0.05, 0.1) is 12.8 Å². The monoisotopic (exact) mass is 401 g/mol. The van der Waals surface area contributed by atoms with E-state index in [-0.39, 0.29) is 18.2 Å². The summed E-state index contributed by atoms with van der Waals surface area (Å²) >= 11 is 3.35. The van der Waals surface area contributed by atoms with Gasteiger partial charge in [0.25, 0.3) is 5.91 Å². The largest absolute Gasteiger partial charge is 0.497 e. The van der Waals surface area contributed by atoms with Crippen LogP contribution in [-0.2, 0) is 9.59 Å². The topological polar surface area (TPSA) is 71.0 Å². The number of methoxy groups -OCH3 is 1. The van der Waals surface area contributed by atoms with E-state index in [1.54, 1.807) is 43.5 Å². The van der Waals surface area contributed by atoms with Crippen molar-refractivity contribution < 1.29 is 14.3 Å². The zero-order chi connectivity index (χ0) is 17.8. The van der Waals surface area contributed by atoms with Crippen molar-refractivity contribution in [3.63, 3.8) is 0 Å². The summed E-state index contributed by atoms with van der Waals surface area (Å²) in [4.78, 5) is 24.6. The Kier molecular flexibility index (Phi) is 5.14. The van der Waals surface area contributed by atoms with Gasteiger partial charge in [0.1, 0.15) is 11.5 Å². The molecule has 2 aromatic carbocycles. The number of hydrazone groups is 1. The lowest BCUT2D eigenvalue weighted by atomic mass is 10.1. The summed E-state index contributed by atoms with van der Waals surface area (Å²) < 4.78 is 5.99. The Bertz CT molecular complexity index is 816. The summed E-state index contributed by atoms with van der Waals surface area (Å²) in [6, 6.07) is 14.2. The van der Waals surface area contributed by atoms with E-state index in [1.807, 2.05) is 12.1 Å². The lowest BCUT2D eigenvalue weighted by molar-refractivity contribution is -0.118. The van der Waals surface area contributed by atoms with Gasteiger partial charge in [-0.2, -0.15) is 5.10 Å². The Morgan fingerprint density at radius 1 is 1.12 bits per heavy atom. The molecule has 7 heteroatoms. The summed E-state index contributed by atoms with van der Waals surface area (Å²) in [5.74, 6) is 0.253. The first-order chi connectivity index (χ1) is 12.1. The maximum absolute atomic E-state index is 12.4. The summed E-state index contributed by atoms with van der Waals surface area (Å²) in [7, 11) is 1.58. The van der Waals surface area contributed by atoms with Gasteiger partial charge in [0.2, 0.25) is 5.91 Å². The quantitative estimate of drug-likeness (QED) is 0.850. The highest BCUT2D eigenvalue weighted by atomic mass is 79.9. The second kappa shape index (κ2) is 7.48. The van der Waals surface area contributed by atoms with Gasteiger partial charge in [-0.05, 0) is 48.5 Å². The highest BCUT2D eigenvalue weighted by Crippen LogP contribution is 2.23. The first-order valence-corrected chi connectivity index (χ1v) is 8.47. The Morgan fingerprint density at radius 2 is 1.80 bits per heavy atom. The number of rotatable bonds is 4. The van der Waals surface area contributed by atoms with Gasteiger partial charge >= 0.3 is 0 Å². The zero-order valence-corrected chi connectivity index (χ0v) is 15.1. The second-order valence-electron chi connectivity index (χ2n) is 5.41. The van der Waals surface area contributed by atoms with Crippen LogP contribution >= 0.6 is 15.9 Å². The molecule has 128 valence electrons. The minimum Gasteiger partial charge on any atom is -0.497 e. The van der Waals surface area contributed by atoms with Crippen molar-refractivity contribution in [2.24, 2.45) is 5.10 Å². The Balaban J connectivity index is 1.77. The molecule has 0 bridgehead atoms. The van der Waals surface area contributed by atoms with Gasteiger partial charge in [-0.1, -0.05) is 15.9 Å². The lowest BCUT2D eigenvalue weighted by Gasteiger charge is -2.23. The van der Waals surface area contributed by atoms with Crippen LogP contribution in [0.25, 0.3) is 0 Å². The van der Waals surface area contributed by atoms with Crippen LogP contribution in [0.3, 0.4) is 0 Å². The van der Waals surface area contributed by atoms with Crippen LogP contribution in [-0.4, -0.2) is 24.6 Å². The number of ether oxygens (including phenoxy) is 1. The molecule has 0 radical (unpaired) electrons. The van der Waals surface area contributed by atoms with E-state index >= 15 is 0 Å². The molecule has 2 amide bonds. The number of amides is 2. The highest BCUT2D eigenvalue weighted by molar-refractivity contribution is 9.10. The van der Waals surface area contributed by atoms with E-state index in [4.69, 9.17) is 4.74 Å². The second-order valence-corrected chi connectivity index (χ2v) is 6.33. The fourth-order valence-electron chi connectivity index (χ4n) is 2.38. The Morgan fingerprint density at radius 3 is 2.44 bits per heavy atom. The minimum absolute atomic E-state index is 0.136. The van der Waals surface area contributed by atoms with Gasteiger partial charge in [0, 0.05) is 23.0 Å². The number of benzene rings is 2. The fourth-order valence-corrected chi connectivity index (χ4v) is 2.64. The number of hydrogen-bond acceptors (Lipinski definition) is 4. The number of hydrogen-bond donors (Lipinski definition) is 1. The average molecular weight is 402 g/mol.